The Kier molecular flexibility index (Phi) is 4.67. The number of carbonyl (C=O) groups excluding carboxylic acids is 2. The quantitative estimate of drug-likeness (QED) is 0.782. The normalized spacial score (nSPS) is 10.5. The fourth-order valence-corrected chi connectivity index (χ4v) is 2.16. The van der Waals surface area contributed by atoms with Gasteiger partial charge in [0.25, 0.3) is 0 Å². The van der Waals surface area contributed by atoms with Crippen molar-refractivity contribution in [2.45, 2.75) is 6.61 Å². The molecule has 0 amide bonds. The smallest absolute Gasteiger partial charge is 0.342 e. The minimum Gasteiger partial charge on any atom is -0.493 e. The fourth-order valence-electron chi connectivity index (χ4n) is 2.16. The summed E-state index contributed by atoms with van der Waals surface area (Å²) in [6, 6.07) is 2.98. The van der Waals surface area contributed by atoms with Crippen LogP contribution in [0, 0.1) is 0 Å². The highest BCUT2D eigenvalue weighted by atomic mass is 16.5. The third kappa shape index (κ3) is 2.62. The van der Waals surface area contributed by atoms with Gasteiger partial charge in [-0.05, 0) is 12.1 Å². The third-order valence-corrected chi connectivity index (χ3v) is 3.13. The average Bonchev–Trinajstić information content (AvgIpc) is 2.90. The van der Waals surface area contributed by atoms with Gasteiger partial charge in [0.15, 0.2) is 11.3 Å². The molecular weight excluding hydrogens is 292 g/mol. The van der Waals surface area contributed by atoms with Crippen LogP contribution in [0.25, 0.3) is 11.0 Å². The van der Waals surface area contributed by atoms with Crippen molar-refractivity contribution >= 4 is 22.9 Å². The first-order valence-corrected chi connectivity index (χ1v) is 6.36. The molecule has 0 aliphatic rings. The van der Waals surface area contributed by atoms with Gasteiger partial charge in [0, 0.05) is 12.5 Å². The monoisotopic (exact) mass is 308 g/mol. The lowest BCUT2D eigenvalue weighted by atomic mass is 10.1. The van der Waals surface area contributed by atoms with Crippen molar-refractivity contribution < 1.29 is 33.0 Å². The number of hydrogen-bond donors (Lipinski definition) is 0. The molecule has 22 heavy (non-hydrogen) atoms. The molecule has 0 aliphatic heterocycles. The zero-order valence-corrected chi connectivity index (χ0v) is 12.7. The van der Waals surface area contributed by atoms with Crippen molar-refractivity contribution in [3.05, 3.63) is 29.0 Å². The van der Waals surface area contributed by atoms with E-state index < -0.39 is 11.9 Å². The van der Waals surface area contributed by atoms with Gasteiger partial charge in [0.2, 0.25) is 0 Å². The minimum absolute atomic E-state index is 0.0792. The summed E-state index contributed by atoms with van der Waals surface area (Å²) in [5, 5.41) is 0.402. The SMILES string of the molecule is COCc1oc2c(OC)cc(C(=O)OC)cc2c1C(=O)OC. The van der Waals surface area contributed by atoms with Gasteiger partial charge in [-0.3, -0.25) is 0 Å². The molecule has 7 heteroatoms. The molecule has 7 nitrogen and oxygen atoms in total. The first-order chi connectivity index (χ1) is 10.6. The molecule has 2 aromatic rings. The van der Waals surface area contributed by atoms with Gasteiger partial charge >= 0.3 is 11.9 Å². The molecule has 1 aromatic heterocycles. The van der Waals surface area contributed by atoms with Crippen LogP contribution in [0.2, 0.25) is 0 Å². The summed E-state index contributed by atoms with van der Waals surface area (Å²) in [6.45, 7) is 0.0792. The third-order valence-electron chi connectivity index (χ3n) is 3.13. The van der Waals surface area contributed by atoms with E-state index in [0.29, 0.717) is 22.5 Å². The Hall–Kier alpha value is -2.54. The minimum atomic E-state index is -0.588. The van der Waals surface area contributed by atoms with Crippen LogP contribution in [-0.2, 0) is 20.8 Å². The second-order valence-electron chi connectivity index (χ2n) is 4.37. The highest BCUT2D eigenvalue weighted by Gasteiger charge is 2.25. The number of furan rings is 1. The molecule has 0 unspecified atom stereocenters. The van der Waals surface area contributed by atoms with Crippen molar-refractivity contribution in [1.82, 2.24) is 0 Å². The molecular formula is C15H16O7. The lowest BCUT2D eigenvalue weighted by Gasteiger charge is -2.05. The van der Waals surface area contributed by atoms with Gasteiger partial charge in [-0.1, -0.05) is 0 Å². The predicted octanol–water partition coefficient (Wildman–Crippen LogP) is 2.16. The standard InChI is InChI=1S/C15H16O7/c1-18-7-11-12(15(17)21-4)9-5-8(14(16)20-3)6-10(19-2)13(9)22-11/h5-6H,7H2,1-4H3. The summed E-state index contributed by atoms with van der Waals surface area (Å²) < 4.78 is 25.4. The fraction of sp³-hybridized carbons (Fsp3) is 0.333. The van der Waals surface area contributed by atoms with Crippen molar-refractivity contribution in [3.63, 3.8) is 0 Å². The average molecular weight is 308 g/mol. The van der Waals surface area contributed by atoms with Crippen LogP contribution in [0.15, 0.2) is 16.5 Å². The molecule has 1 aromatic carbocycles. The Bertz CT molecular complexity index is 714. The molecule has 0 atom stereocenters. The molecule has 0 N–H and O–H groups in total. The van der Waals surface area contributed by atoms with Crippen molar-refractivity contribution in [2.24, 2.45) is 0 Å². The second-order valence-corrected chi connectivity index (χ2v) is 4.37. The molecule has 0 saturated heterocycles. The summed E-state index contributed by atoms with van der Waals surface area (Å²) in [4.78, 5) is 23.8. The zero-order chi connectivity index (χ0) is 16.3. The summed E-state index contributed by atoms with van der Waals surface area (Å²) in [7, 11) is 5.45. The molecule has 0 spiro atoms. The Morgan fingerprint density at radius 3 is 2.27 bits per heavy atom. The molecule has 0 aliphatic carbocycles. The van der Waals surface area contributed by atoms with Gasteiger partial charge in [0.05, 0.1) is 26.9 Å². The summed E-state index contributed by atoms with van der Waals surface area (Å²) in [5.74, 6) is -0.532. The van der Waals surface area contributed by atoms with Gasteiger partial charge in [0.1, 0.15) is 17.9 Å². The van der Waals surface area contributed by atoms with E-state index in [1.54, 1.807) is 0 Å². The Balaban J connectivity index is 2.79. The number of methoxy groups -OCH3 is 4. The largest absolute Gasteiger partial charge is 0.493 e. The molecule has 0 saturated carbocycles. The van der Waals surface area contributed by atoms with Crippen LogP contribution in [0.1, 0.15) is 26.5 Å². The molecule has 118 valence electrons. The maximum atomic E-state index is 12.0. The first-order valence-electron chi connectivity index (χ1n) is 6.36. The van der Waals surface area contributed by atoms with Crippen molar-refractivity contribution in [1.29, 1.82) is 0 Å². The predicted molar refractivity (Wildman–Crippen MR) is 76.2 cm³/mol. The molecule has 0 bridgehead atoms. The van der Waals surface area contributed by atoms with Gasteiger partial charge < -0.3 is 23.4 Å². The number of esters is 2. The molecule has 1 heterocycles. The first kappa shape index (κ1) is 15.8. The summed E-state index contributed by atoms with van der Waals surface area (Å²) in [6.07, 6.45) is 0. The van der Waals surface area contributed by atoms with E-state index in [-0.39, 0.29) is 17.7 Å². The summed E-state index contributed by atoms with van der Waals surface area (Å²) >= 11 is 0. The van der Waals surface area contributed by atoms with Gasteiger partial charge in [-0.2, -0.15) is 0 Å². The second kappa shape index (κ2) is 6.48. The number of fused-ring (bicyclic) bond motifs is 1. The number of carbonyl (C=O) groups is 2. The molecule has 0 radical (unpaired) electrons. The van der Waals surface area contributed by atoms with Crippen LogP contribution in [-0.4, -0.2) is 40.4 Å². The van der Waals surface area contributed by atoms with E-state index in [0.717, 1.165) is 0 Å². The number of hydrogen-bond acceptors (Lipinski definition) is 7. The van der Waals surface area contributed by atoms with Crippen LogP contribution >= 0.6 is 0 Å². The summed E-state index contributed by atoms with van der Waals surface area (Å²) in [5.41, 5.74) is 0.771. The number of benzene rings is 1. The highest BCUT2D eigenvalue weighted by molar-refractivity contribution is 6.08. The van der Waals surface area contributed by atoms with Crippen molar-refractivity contribution in [2.75, 3.05) is 28.4 Å². The topological polar surface area (TPSA) is 84.2 Å². The lowest BCUT2D eigenvalue weighted by Crippen LogP contribution is -2.05. The van der Waals surface area contributed by atoms with Crippen LogP contribution in [0.5, 0.6) is 5.75 Å². The Labute approximate surface area is 126 Å². The van der Waals surface area contributed by atoms with E-state index >= 15 is 0 Å². The van der Waals surface area contributed by atoms with Gasteiger partial charge in [-0.25, -0.2) is 9.59 Å². The van der Waals surface area contributed by atoms with E-state index in [2.05, 4.69) is 0 Å². The number of rotatable bonds is 5. The van der Waals surface area contributed by atoms with E-state index in [4.69, 9.17) is 23.4 Å². The Morgan fingerprint density at radius 2 is 1.73 bits per heavy atom. The molecule has 0 fully saturated rings. The highest BCUT2D eigenvalue weighted by Crippen LogP contribution is 2.35. The Morgan fingerprint density at radius 1 is 1.05 bits per heavy atom. The van der Waals surface area contributed by atoms with Crippen molar-refractivity contribution in [3.8, 4) is 5.75 Å². The van der Waals surface area contributed by atoms with Gasteiger partial charge in [-0.15, -0.1) is 0 Å². The van der Waals surface area contributed by atoms with Crippen LogP contribution in [0.4, 0.5) is 0 Å². The van der Waals surface area contributed by atoms with Crippen LogP contribution in [0.3, 0.4) is 0 Å². The zero-order valence-electron chi connectivity index (χ0n) is 12.7. The lowest BCUT2D eigenvalue weighted by molar-refractivity contribution is 0.0586. The number of ether oxygens (including phenoxy) is 4. The van der Waals surface area contributed by atoms with E-state index in [1.165, 1.54) is 40.6 Å². The maximum absolute atomic E-state index is 12.0. The van der Waals surface area contributed by atoms with E-state index in [1.807, 2.05) is 0 Å². The van der Waals surface area contributed by atoms with Crippen LogP contribution < -0.4 is 4.74 Å². The van der Waals surface area contributed by atoms with E-state index in [9.17, 15) is 9.59 Å². The maximum Gasteiger partial charge on any atom is 0.342 e. The molecule has 2 rings (SSSR count).